The van der Waals surface area contributed by atoms with Crippen molar-refractivity contribution in [3.8, 4) is 0 Å². The molecular weight excluding hydrogens is 1370 g/mol. The predicted octanol–water partition coefficient (Wildman–Crippen LogP) is 19.7. The van der Waals surface area contributed by atoms with Crippen molar-refractivity contribution < 1.29 is 9.59 Å². The highest BCUT2D eigenvalue weighted by molar-refractivity contribution is 5.77. The number of nitrogens with one attached hydrogen (secondary N) is 2. The molecule has 2 aliphatic rings. The maximum Gasteiger partial charge on any atom is 0.220 e. The fourth-order valence-corrected chi connectivity index (χ4v) is 17.2. The van der Waals surface area contributed by atoms with Crippen LogP contribution in [0, 0.1) is 0 Å². The quantitative estimate of drug-likeness (QED) is 0.0461. The van der Waals surface area contributed by atoms with Crippen molar-refractivity contribution in [1.29, 1.82) is 0 Å². The van der Waals surface area contributed by atoms with Crippen LogP contribution in [0.1, 0.15) is 370 Å². The fourth-order valence-electron chi connectivity index (χ4n) is 17.2. The van der Waals surface area contributed by atoms with E-state index in [1.54, 1.807) is 0 Å². The average Bonchev–Trinajstić information content (AvgIpc) is 0.757. The minimum atomic E-state index is -0.270. The molecule has 2 amide bonds. The van der Waals surface area contributed by atoms with Gasteiger partial charge in [-0.1, -0.05) is 269 Å². The Hall–Kier alpha value is -7.54. The molecule has 0 aromatic heterocycles. The molecule has 0 aliphatic heterocycles. The van der Waals surface area contributed by atoms with E-state index < -0.39 is 0 Å². The lowest BCUT2D eigenvalue weighted by molar-refractivity contribution is -0.123. The maximum atomic E-state index is 14.8. The highest BCUT2D eigenvalue weighted by Gasteiger charge is 2.33. The highest BCUT2D eigenvalue weighted by atomic mass is 16.2. The molecule has 10 nitrogen and oxygen atoms in total. The lowest BCUT2D eigenvalue weighted by Crippen LogP contribution is -2.30. The minimum Gasteiger partial charge on any atom is -0.355 e. The van der Waals surface area contributed by atoms with Gasteiger partial charge in [0.1, 0.15) is 0 Å². The molecule has 602 valence electrons. The number of carbonyl (C=O) groups excluding carboxylic acids is 2. The topological polar surface area (TPSA) is 214 Å². The molecule has 8 aromatic carbocycles. The van der Waals surface area contributed by atoms with Crippen LogP contribution in [0.4, 0.5) is 0 Å². The van der Waals surface area contributed by atoms with Crippen LogP contribution in [-0.2, 0) is 144 Å². The summed E-state index contributed by atoms with van der Waals surface area (Å²) in [6.45, 7) is 58.1. The SMILES string of the molecule is CC(C)(C)c1cc2cc(c1)C(CNC(=O)CCCCC(=O)NCc1c3cc(C(C)(C)C)cc1Cc1cc(C(C)(C)C)cc(c1CN)Cc1cc(C(C)(C)C)cc(c1CN)Cc1cc(C(C)(C)C)cc(c1CN)C3)c1cc(C(C)(C)C)cc(c1CN)Cc1cc(C(C)(C)C)cc(c1CN)Cc1cc(C(C)(C)C)cc(c1CN)C2. The van der Waals surface area contributed by atoms with E-state index in [4.69, 9.17) is 34.4 Å². The Morgan fingerprint density at radius 3 is 0.759 bits per heavy atom. The van der Waals surface area contributed by atoms with E-state index in [1.165, 1.54) is 139 Å². The Morgan fingerprint density at radius 2 is 0.500 bits per heavy atom. The molecule has 112 heavy (non-hydrogen) atoms. The summed E-state index contributed by atoms with van der Waals surface area (Å²) in [5.74, 6) is -0.365. The van der Waals surface area contributed by atoms with Crippen LogP contribution in [0.15, 0.2) is 103 Å². The van der Waals surface area contributed by atoms with E-state index in [9.17, 15) is 9.59 Å². The summed E-state index contributed by atoms with van der Waals surface area (Å²) < 4.78 is 0. The van der Waals surface area contributed by atoms with Crippen LogP contribution >= 0.6 is 0 Å². The second kappa shape index (κ2) is 33.4. The number of hydrogen-bond donors (Lipinski definition) is 8. The van der Waals surface area contributed by atoms with Crippen molar-refractivity contribution in [3.63, 3.8) is 0 Å². The molecule has 0 radical (unpaired) electrons. The Kier molecular flexibility index (Phi) is 25.9. The molecule has 0 spiro atoms. The van der Waals surface area contributed by atoms with Crippen molar-refractivity contribution >= 4 is 11.8 Å². The fraction of sp³-hybridized carbons (Fsp3) is 0.510. The first-order valence-corrected chi connectivity index (χ1v) is 42.0. The van der Waals surface area contributed by atoms with Gasteiger partial charge in [0, 0.05) is 71.1 Å². The van der Waals surface area contributed by atoms with E-state index in [1.807, 2.05) is 0 Å². The molecule has 1 atom stereocenters. The molecule has 10 rings (SSSR count). The number of fused-ring (bicyclic) bond motifs is 16. The van der Waals surface area contributed by atoms with Crippen LogP contribution in [0.25, 0.3) is 0 Å². The molecule has 0 fully saturated rings. The number of carbonyl (C=O) groups is 2. The van der Waals surface area contributed by atoms with Gasteiger partial charge in [-0.25, -0.2) is 0 Å². The number of rotatable bonds is 15. The van der Waals surface area contributed by atoms with Gasteiger partial charge < -0.3 is 45.0 Å². The van der Waals surface area contributed by atoms with Crippen LogP contribution < -0.4 is 45.0 Å². The number of unbranched alkanes of at least 4 members (excludes halogenated alkanes) is 1. The summed E-state index contributed by atoms with van der Waals surface area (Å²) in [7, 11) is 0. The number of amides is 2. The summed E-state index contributed by atoms with van der Waals surface area (Å²) in [6, 6.07) is 40.9. The summed E-state index contributed by atoms with van der Waals surface area (Å²) in [6.07, 6.45) is 6.29. The third-order valence-electron chi connectivity index (χ3n) is 24.6. The molecule has 8 aromatic rings. The van der Waals surface area contributed by atoms with Crippen molar-refractivity contribution in [2.24, 2.45) is 34.4 Å². The lowest BCUT2D eigenvalue weighted by atomic mass is 9.75. The first-order chi connectivity index (χ1) is 52.0. The molecule has 0 heterocycles. The Balaban J connectivity index is 1.01. The first kappa shape index (κ1) is 86.9. The minimum absolute atomic E-state index is 0.0468. The molecule has 0 saturated heterocycles. The third-order valence-corrected chi connectivity index (χ3v) is 24.6. The predicted molar refractivity (Wildman–Crippen MR) is 473 cm³/mol. The van der Waals surface area contributed by atoms with Crippen molar-refractivity contribution in [2.45, 2.75) is 332 Å². The van der Waals surface area contributed by atoms with E-state index in [2.05, 4.69) is 280 Å². The maximum absolute atomic E-state index is 14.8. The van der Waals surface area contributed by atoms with Gasteiger partial charge in [-0.05, 0) is 274 Å². The molecular formula is C102H142N8O2. The molecule has 1 unspecified atom stereocenters. The van der Waals surface area contributed by atoms with Gasteiger partial charge in [0.2, 0.25) is 11.8 Å². The van der Waals surface area contributed by atoms with E-state index >= 15 is 0 Å². The van der Waals surface area contributed by atoms with Gasteiger partial charge in [-0.15, -0.1) is 0 Å². The van der Waals surface area contributed by atoms with Crippen LogP contribution in [0.3, 0.4) is 0 Å². The number of benzene rings is 8. The van der Waals surface area contributed by atoms with Gasteiger partial charge in [0.05, 0.1) is 0 Å². The molecule has 0 saturated carbocycles. The lowest BCUT2D eigenvalue weighted by Gasteiger charge is -2.31. The Labute approximate surface area is 676 Å². The zero-order valence-corrected chi connectivity index (χ0v) is 73.6. The summed E-state index contributed by atoms with van der Waals surface area (Å²) in [5.41, 5.74) is 78.2. The van der Waals surface area contributed by atoms with Crippen LogP contribution in [0.5, 0.6) is 0 Å². The zero-order chi connectivity index (χ0) is 82.5. The highest BCUT2D eigenvalue weighted by Crippen LogP contribution is 2.44. The number of nitrogens with two attached hydrogens (primary N) is 6. The normalized spacial score (nSPS) is 14.7. The van der Waals surface area contributed by atoms with Crippen LogP contribution in [-0.4, -0.2) is 18.4 Å². The van der Waals surface area contributed by atoms with E-state index in [0.717, 1.165) is 33.4 Å². The summed E-state index contributed by atoms with van der Waals surface area (Å²) in [5, 5.41) is 7.02. The largest absolute Gasteiger partial charge is 0.355 e. The van der Waals surface area contributed by atoms with Gasteiger partial charge in [-0.2, -0.15) is 0 Å². The van der Waals surface area contributed by atoms with Crippen molar-refractivity contribution in [1.82, 2.24) is 10.6 Å². The Bertz CT molecular complexity index is 4690. The smallest absolute Gasteiger partial charge is 0.220 e. The monoisotopic (exact) mass is 1510 g/mol. The average molecular weight is 1510 g/mol. The number of hydrogen-bond acceptors (Lipinski definition) is 8. The second-order valence-corrected chi connectivity index (χ2v) is 41.6. The summed E-state index contributed by atoms with van der Waals surface area (Å²) in [4.78, 5) is 29.6. The van der Waals surface area contributed by atoms with E-state index in [-0.39, 0.29) is 73.9 Å². The molecule has 10 heteroatoms. The van der Waals surface area contributed by atoms with Crippen LogP contribution in [0.2, 0.25) is 0 Å². The Morgan fingerprint density at radius 1 is 0.277 bits per heavy atom. The molecule has 2 aliphatic carbocycles. The third kappa shape index (κ3) is 20.0. The second-order valence-electron chi connectivity index (χ2n) is 41.6. The standard InChI is InChI=1S/C102H142N8O2/c1-95(2,3)76-31-61-29-62-38-77(96(4,5)6)40-64(85(62)53-103)32-65-41-79(98(10,11)12)46-70(87(65)55-105)35-73-49-83(102(22,23)24)52-84(90(73)58-108)92(63(30-61)39-76)60-110-94(112)28-26-25-27-93(111)109-59-91-74-36-71-47-80(99(13,14)15)44-68(88(71)56-106)33-66-42-78(97(7,8)9)43-67(86(66)54-104)34-69-45-81(100(16,17)18)48-72(89(69)57-107)37-75(91)51-82(50-74)101(19,20)21/h30-31,38-52,92H,25-29,32-37,53-60,103-108H2,1-24H3,(H,109,111)(H,110,112). The first-order valence-electron chi connectivity index (χ1n) is 42.0. The van der Waals surface area contributed by atoms with Gasteiger partial charge in [0.25, 0.3) is 0 Å². The van der Waals surface area contributed by atoms with E-state index in [0.29, 0.717) is 110 Å². The van der Waals surface area contributed by atoms with Crippen molar-refractivity contribution in [3.05, 3.63) is 276 Å². The van der Waals surface area contributed by atoms with Gasteiger partial charge in [0.15, 0.2) is 0 Å². The molecule has 16 bridgehead atoms. The molecule has 14 N–H and O–H groups in total. The van der Waals surface area contributed by atoms with Gasteiger partial charge in [-0.3, -0.25) is 9.59 Å². The van der Waals surface area contributed by atoms with Crippen molar-refractivity contribution in [2.75, 3.05) is 6.54 Å². The van der Waals surface area contributed by atoms with Gasteiger partial charge >= 0.3 is 0 Å². The summed E-state index contributed by atoms with van der Waals surface area (Å²) >= 11 is 0. The zero-order valence-electron chi connectivity index (χ0n) is 73.6.